The van der Waals surface area contributed by atoms with E-state index < -0.39 is 49.5 Å². The van der Waals surface area contributed by atoms with Gasteiger partial charge in [-0.15, -0.1) is 0 Å². The first-order valence-electron chi connectivity index (χ1n) is 37.5. The molecule has 1 fully saturated rings. The first-order chi connectivity index (χ1) is 45.8. The molecule has 1 aliphatic heterocycles. The third kappa shape index (κ3) is 58.4. The molecule has 0 aromatic carbocycles. The maximum absolute atomic E-state index is 13.1. The quantitative estimate of drug-likeness (QED) is 0.0261. The Labute approximate surface area is 570 Å². The largest absolute Gasteiger partial charge is 0.394 e. The van der Waals surface area contributed by atoms with Crippen molar-refractivity contribution in [2.45, 2.75) is 326 Å². The topological polar surface area (TPSA) is 149 Å². The highest BCUT2D eigenvalue weighted by atomic mass is 16.7. The number of rotatable bonds is 63. The summed E-state index contributed by atoms with van der Waals surface area (Å²) in [4.78, 5) is 13.1. The van der Waals surface area contributed by atoms with Crippen molar-refractivity contribution in [3.63, 3.8) is 0 Å². The number of ether oxygens (including phenoxy) is 2. The number of unbranched alkanes of at least 4 members (excludes halogenated alkanes) is 25. The zero-order chi connectivity index (χ0) is 67.1. The normalized spacial score (nSPS) is 18.7. The van der Waals surface area contributed by atoms with Crippen LogP contribution in [0.15, 0.2) is 182 Å². The molecule has 1 rings (SSSR count). The number of hydrogen-bond donors (Lipinski definition) is 6. The lowest BCUT2D eigenvalue weighted by molar-refractivity contribution is -0.302. The minimum atomic E-state index is -1.59. The molecular weight excluding hydrogens is 1150 g/mol. The molecule has 1 heterocycles. The van der Waals surface area contributed by atoms with Crippen molar-refractivity contribution in [3.8, 4) is 0 Å². The predicted octanol–water partition coefficient (Wildman–Crippen LogP) is 21.4. The zero-order valence-electron chi connectivity index (χ0n) is 58.9. The average Bonchev–Trinajstić information content (AvgIpc) is 1.00. The summed E-state index contributed by atoms with van der Waals surface area (Å²) >= 11 is 0. The van der Waals surface area contributed by atoms with Crippen LogP contribution in [0, 0.1) is 0 Å². The molecule has 1 amide bonds. The number of hydrogen-bond acceptors (Lipinski definition) is 8. The van der Waals surface area contributed by atoms with Crippen LogP contribution in [0.3, 0.4) is 0 Å². The van der Waals surface area contributed by atoms with E-state index in [2.05, 4.69) is 189 Å². The average molecular weight is 1290 g/mol. The van der Waals surface area contributed by atoms with Gasteiger partial charge in [0.1, 0.15) is 24.4 Å². The first kappa shape index (κ1) is 86.3. The van der Waals surface area contributed by atoms with E-state index >= 15 is 0 Å². The fourth-order valence-corrected chi connectivity index (χ4v) is 10.6. The molecule has 9 nitrogen and oxygen atoms in total. The summed E-state index contributed by atoms with van der Waals surface area (Å²) in [6, 6.07) is -0.858. The van der Waals surface area contributed by atoms with E-state index in [4.69, 9.17) is 9.47 Å². The fraction of sp³-hybridized carbons (Fsp3) is 0.631. The molecule has 526 valence electrons. The molecule has 1 saturated heterocycles. The lowest BCUT2D eigenvalue weighted by Gasteiger charge is -2.40. The van der Waals surface area contributed by atoms with Crippen molar-refractivity contribution < 1.29 is 39.8 Å². The monoisotopic (exact) mass is 1290 g/mol. The van der Waals surface area contributed by atoms with Crippen LogP contribution in [-0.2, 0) is 14.3 Å². The van der Waals surface area contributed by atoms with Gasteiger partial charge in [-0.1, -0.05) is 325 Å². The van der Waals surface area contributed by atoms with Gasteiger partial charge in [-0.2, -0.15) is 0 Å². The molecule has 9 heteroatoms. The van der Waals surface area contributed by atoms with Gasteiger partial charge in [0.2, 0.25) is 5.91 Å². The standard InChI is InChI=1S/C84H137NO8/c1-3-5-7-9-11-13-15-17-19-21-23-25-27-29-31-33-34-35-36-37-38-39-40-41-42-43-44-46-48-50-52-54-56-58-60-62-64-66-68-70-72-74-80(88)85-77(76-92-84-83(91)82(90)81(89)79(75-86)93-84)78(87)73-71-69-67-65-63-61-59-57-55-53-51-49-47-45-32-30-28-26-24-22-20-18-16-14-12-10-8-6-4-2/h5,7,11,13,17,19,23,25,29,31,34-35,37-38,40-41,43-44,48,50,54-57,60,62-63,65,71,73,77-79,81-84,86-87,89-91H,3-4,6,8-10,12,14-16,18,20-22,24,26-28,30,32-33,36,39,42,45-47,49,51-53,58-59,61,64,66-70,72,74-76H2,1-2H3,(H,85,88)/b7-5-,13-11-,19-17-,25-23-,31-29-,35-34-,38-37-,41-40-,44-43-,50-48-,56-54-,57-55+,62-60-,65-63+,73-71+. The summed E-state index contributed by atoms with van der Waals surface area (Å²) in [5.41, 5.74) is 0. The Balaban J connectivity index is 2.21. The summed E-state index contributed by atoms with van der Waals surface area (Å²) in [7, 11) is 0. The van der Waals surface area contributed by atoms with Gasteiger partial charge < -0.3 is 40.3 Å². The van der Waals surface area contributed by atoms with Crippen LogP contribution in [-0.4, -0.2) is 87.5 Å². The molecule has 0 radical (unpaired) electrons. The number of allylic oxidation sites excluding steroid dienone is 29. The molecule has 0 bridgehead atoms. The van der Waals surface area contributed by atoms with Crippen LogP contribution >= 0.6 is 0 Å². The van der Waals surface area contributed by atoms with Crippen molar-refractivity contribution in [2.24, 2.45) is 0 Å². The highest BCUT2D eigenvalue weighted by Crippen LogP contribution is 2.23. The number of carbonyl (C=O) groups excluding carboxylic acids is 1. The molecule has 93 heavy (non-hydrogen) atoms. The molecule has 6 N–H and O–H groups in total. The third-order valence-corrected chi connectivity index (χ3v) is 16.4. The van der Waals surface area contributed by atoms with Gasteiger partial charge in [0.25, 0.3) is 0 Å². The van der Waals surface area contributed by atoms with Gasteiger partial charge in [0.05, 0.1) is 25.4 Å². The van der Waals surface area contributed by atoms with E-state index in [-0.39, 0.29) is 12.5 Å². The summed E-state index contributed by atoms with van der Waals surface area (Å²) in [6.07, 6.45) is 106. The van der Waals surface area contributed by atoms with Gasteiger partial charge in [0.15, 0.2) is 6.29 Å². The van der Waals surface area contributed by atoms with E-state index in [0.29, 0.717) is 19.3 Å². The second kappa shape index (κ2) is 70.1. The molecule has 1 aliphatic rings. The van der Waals surface area contributed by atoms with Gasteiger partial charge in [-0.05, 0) is 135 Å². The Morgan fingerprint density at radius 3 is 1.03 bits per heavy atom. The van der Waals surface area contributed by atoms with Crippen molar-refractivity contribution in [3.05, 3.63) is 182 Å². The van der Waals surface area contributed by atoms with Gasteiger partial charge in [0, 0.05) is 6.42 Å². The number of carbonyl (C=O) groups is 1. The van der Waals surface area contributed by atoms with Gasteiger partial charge >= 0.3 is 0 Å². The second-order valence-electron chi connectivity index (χ2n) is 25.0. The highest BCUT2D eigenvalue weighted by Gasteiger charge is 2.44. The van der Waals surface area contributed by atoms with Crippen molar-refractivity contribution in [2.75, 3.05) is 13.2 Å². The van der Waals surface area contributed by atoms with E-state index in [9.17, 15) is 30.3 Å². The lowest BCUT2D eigenvalue weighted by Crippen LogP contribution is -2.60. The van der Waals surface area contributed by atoms with E-state index in [1.165, 1.54) is 122 Å². The maximum Gasteiger partial charge on any atom is 0.220 e. The van der Waals surface area contributed by atoms with Gasteiger partial charge in [-0.25, -0.2) is 0 Å². The fourth-order valence-electron chi connectivity index (χ4n) is 10.6. The molecule has 0 aliphatic carbocycles. The van der Waals surface area contributed by atoms with Crippen molar-refractivity contribution in [1.82, 2.24) is 5.32 Å². The molecule has 7 unspecified atom stereocenters. The Bertz CT molecular complexity index is 2130. The van der Waals surface area contributed by atoms with E-state index in [1.807, 2.05) is 6.08 Å². The summed E-state index contributed by atoms with van der Waals surface area (Å²) in [5, 5.41) is 54.8. The number of amides is 1. The summed E-state index contributed by atoms with van der Waals surface area (Å²) in [5.74, 6) is -0.221. The maximum atomic E-state index is 13.1. The predicted molar refractivity (Wildman–Crippen MR) is 400 cm³/mol. The molecule has 0 spiro atoms. The zero-order valence-corrected chi connectivity index (χ0v) is 58.9. The smallest absolute Gasteiger partial charge is 0.220 e. The number of aliphatic hydroxyl groups excluding tert-OH is 5. The minimum Gasteiger partial charge on any atom is -0.394 e. The first-order valence-corrected chi connectivity index (χ1v) is 37.5. The number of aliphatic hydroxyl groups is 5. The molecule has 7 atom stereocenters. The van der Waals surface area contributed by atoms with Crippen LogP contribution in [0.1, 0.15) is 284 Å². The summed E-state index contributed by atoms with van der Waals surface area (Å²) in [6.45, 7) is 3.64. The van der Waals surface area contributed by atoms with Gasteiger partial charge in [-0.3, -0.25) is 4.79 Å². The molecule has 0 aromatic rings. The Kier molecular flexibility index (Phi) is 65.1. The van der Waals surface area contributed by atoms with Crippen LogP contribution in [0.4, 0.5) is 0 Å². The summed E-state index contributed by atoms with van der Waals surface area (Å²) < 4.78 is 11.3. The Hall–Kier alpha value is -4.71. The van der Waals surface area contributed by atoms with Crippen LogP contribution < -0.4 is 5.32 Å². The molecule has 0 saturated carbocycles. The van der Waals surface area contributed by atoms with E-state index in [1.54, 1.807) is 6.08 Å². The number of nitrogens with one attached hydrogen (secondary N) is 1. The SMILES string of the molecule is CC/C=C\C/C=C\C/C=C\C/C=C\C/C=C\C/C=C\C/C=C\C/C=C\C/C=C\C/C=C\C/C=C\C/C=C\CCCCCCC(=O)NC(COC1OC(CO)C(O)C(O)C1O)C(O)/C=C/CC/C=C/CC/C=C/CCCCCCCCCCCCCCCCCCCCC. The third-order valence-electron chi connectivity index (χ3n) is 16.4. The van der Waals surface area contributed by atoms with Crippen molar-refractivity contribution >= 4 is 5.91 Å². The van der Waals surface area contributed by atoms with Crippen LogP contribution in [0.2, 0.25) is 0 Å². The lowest BCUT2D eigenvalue weighted by atomic mass is 9.99. The molecular formula is C84H137NO8. The van der Waals surface area contributed by atoms with Crippen LogP contribution in [0.25, 0.3) is 0 Å². The Morgan fingerprint density at radius 1 is 0.376 bits per heavy atom. The van der Waals surface area contributed by atoms with E-state index in [0.717, 1.165) is 128 Å². The molecule has 0 aromatic heterocycles. The highest BCUT2D eigenvalue weighted by molar-refractivity contribution is 5.76. The van der Waals surface area contributed by atoms with Crippen molar-refractivity contribution in [1.29, 1.82) is 0 Å². The Morgan fingerprint density at radius 2 is 0.677 bits per heavy atom. The van der Waals surface area contributed by atoms with Crippen LogP contribution in [0.5, 0.6) is 0 Å². The second-order valence-corrected chi connectivity index (χ2v) is 25.0. The minimum absolute atomic E-state index is 0.221.